The summed E-state index contributed by atoms with van der Waals surface area (Å²) in [5, 5.41) is 0.346. The fraction of sp³-hybridized carbons (Fsp3) is 0.462. The summed E-state index contributed by atoms with van der Waals surface area (Å²) in [4.78, 5) is 29.2. The number of pyridine rings is 1. The number of halogens is 1. The van der Waals surface area contributed by atoms with Crippen LogP contribution in [0.2, 0.25) is 5.15 Å². The molecule has 19 heavy (non-hydrogen) atoms. The minimum atomic E-state index is -0.538. The lowest BCUT2D eigenvalue weighted by atomic mass is 10.1. The normalized spacial score (nSPS) is 20.5. The van der Waals surface area contributed by atoms with Gasteiger partial charge in [0, 0.05) is 18.2 Å². The van der Waals surface area contributed by atoms with E-state index in [2.05, 4.69) is 4.98 Å². The molecule has 6 heteroatoms. The maximum absolute atomic E-state index is 12.0. The van der Waals surface area contributed by atoms with Gasteiger partial charge in [-0.3, -0.25) is 4.79 Å². The second-order valence-electron chi connectivity index (χ2n) is 4.44. The molecule has 1 fully saturated rings. The van der Waals surface area contributed by atoms with E-state index in [1.165, 1.54) is 12.0 Å². The lowest BCUT2D eigenvalue weighted by Crippen LogP contribution is -2.41. The van der Waals surface area contributed by atoms with Gasteiger partial charge >= 0.3 is 5.97 Å². The number of likely N-dealkylation sites (tertiary alicyclic amines) is 1. The standard InChI is InChI=1S/C13H15ClN2O3/c1-8(9-4-3-7-15-12(9)14)16-10(13(18)19-2)5-6-11(16)17/h3-4,7-8,10H,5-6H2,1-2H3. The zero-order valence-electron chi connectivity index (χ0n) is 10.8. The van der Waals surface area contributed by atoms with Gasteiger partial charge in [-0.15, -0.1) is 0 Å². The summed E-state index contributed by atoms with van der Waals surface area (Å²) in [7, 11) is 1.32. The molecule has 0 radical (unpaired) electrons. The Labute approximate surface area is 116 Å². The van der Waals surface area contributed by atoms with Crippen molar-refractivity contribution < 1.29 is 14.3 Å². The quantitative estimate of drug-likeness (QED) is 0.628. The molecular weight excluding hydrogens is 268 g/mol. The van der Waals surface area contributed by atoms with E-state index in [0.29, 0.717) is 18.0 Å². The van der Waals surface area contributed by atoms with Gasteiger partial charge in [-0.25, -0.2) is 9.78 Å². The summed E-state index contributed by atoms with van der Waals surface area (Å²) < 4.78 is 4.75. The van der Waals surface area contributed by atoms with Crippen LogP contribution in [0.4, 0.5) is 0 Å². The Bertz CT molecular complexity index is 506. The number of ether oxygens (including phenoxy) is 1. The molecule has 2 unspecified atom stereocenters. The lowest BCUT2D eigenvalue weighted by Gasteiger charge is -2.29. The number of hydrogen-bond donors (Lipinski definition) is 0. The SMILES string of the molecule is COC(=O)C1CCC(=O)N1C(C)c1cccnc1Cl. The van der Waals surface area contributed by atoms with Gasteiger partial charge < -0.3 is 9.64 Å². The first kappa shape index (κ1) is 13.8. The smallest absolute Gasteiger partial charge is 0.328 e. The third-order valence-electron chi connectivity index (χ3n) is 3.38. The van der Waals surface area contributed by atoms with Gasteiger partial charge in [-0.2, -0.15) is 0 Å². The number of aromatic nitrogens is 1. The van der Waals surface area contributed by atoms with Crippen LogP contribution in [0.25, 0.3) is 0 Å². The summed E-state index contributed by atoms with van der Waals surface area (Å²) in [6, 6.07) is 2.72. The molecule has 1 amide bonds. The minimum Gasteiger partial charge on any atom is -0.467 e. The highest BCUT2D eigenvalue weighted by atomic mass is 35.5. The third kappa shape index (κ3) is 2.56. The van der Waals surface area contributed by atoms with E-state index >= 15 is 0 Å². The predicted molar refractivity (Wildman–Crippen MR) is 69.5 cm³/mol. The molecular formula is C13H15ClN2O3. The number of amides is 1. The van der Waals surface area contributed by atoms with Crippen molar-refractivity contribution in [1.82, 2.24) is 9.88 Å². The van der Waals surface area contributed by atoms with Crippen LogP contribution in [-0.2, 0) is 14.3 Å². The Morgan fingerprint density at radius 2 is 2.37 bits per heavy atom. The number of methoxy groups -OCH3 is 1. The highest BCUT2D eigenvalue weighted by molar-refractivity contribution is 6.30. The molecule has 102 valence electrons. The third-order valence-corrected chi connectivity index (χ3v) is 3.70. The second-order valence-corrected chi connectivity index (χ2v) is 4.80. The molecule has 0 aliphatic carbocycles. The van der Waals surface area contributed by atoms with Gasteiger partial charge in [0.15, 0.2) is 0 Å². The molecule has 1 aromatic rings. The van der Waals surface area contributed by atoms with Gasteiger partial charge in [0.25, 0.3) is 0 Å². The van der Waals surface area contributed by atoms with Crippen molar-refractivity contribution in [2.24, 2.45) is 0 Å². The van der Waals surface area contributed by atoms with Crippen LogP contribution in [-0.4, -0.2) is 34.9 Å². The lowest BCUT2D eigenvalue weighted by molar-refractivity contribution is -0.150. The van der Waals surface area contributed by atoms with Crippen LogP contribution in [0, 0.1) is 0 Å². The van der Waals surface area contributed by atoms with Gasteiger partial charge in [-0.1, -0.05) is 17.7 Å². The largest absolute Gasteiger partial charge is 0.467 e. The summed E-state index contributed by atoms with van der Waals surface area (Å²) in [5.41, 5.74) is 0.730. The first-order valence-corrected chi connectivity index (χ1v) is 6.43. The Balaban J connectivity index is 2.30. The highest BCUT2D eigenvalue weighted by Crippen LogP contribution is 2.33. The van der Waals surface area contributed by atoms with E-state index in [0.717, 1.165) is 5.56 Å². The van der Waals surface area contributed by atoms with Gasteiger partial charge in [0.2, 0.25) is 5.91 Å². The number of esters is 1. The molecule has 0 N–H and O–H groups in total. The van der Waals surface area contributed by atoms with E-state index in [1.807, 2.05) is 6.92 Å². The van der Waals surface area contributed by atoms with Crippen molar-refractivity contribution in [3.63, 3.8) is 0 Å². The van der Waals surface area contributed by atoms with Crippen LogP contribution in [0.3, 0.4) is 0 Å². The number of nitrogens with zero attached hydrogens (tertiary/aromatic N) is 2. The van der Waals surface area contributed by atoms with Crippen molar-refractivity contribution in [2.75, 3.05) is 7.11 Å². The topological polar surface area (TPSA) is 59.5 Å². The Morgan fingerprint density at radius 3 is 3.00 bits per heavy atom. The number of carbonyl (C=O) groups excluding carboxylic acids is 2. The van der Waals surface area contributed by atoms with Crippen molar-refractivity contribution >= 4 is 23.5 Å². The average Bonchev–Trinajstić information content (AvgIpc) is 2.79. The zero-order valence-corrected chi connectivity index (χ0v) is 11.6. The number of hydrogen-bond acceptors (Lipinski definition) is 4. The molecule has 0 saturated carbocycles. The Hall–Kier alpha value is -1.62. The molecule has 1 aliphatic rings. The summed E-state index contributed by atoms with van der Waals surface area (Å²) in [5.74, 6) is -0.458. The summed E-state index contributed by atoms with van der Waals surface area (Å²) >= 11 is 6.04. The van der Waals surface area contributed by atoms with Crippen molar-refractivity contribution in [3.05, 3.63) is 29.0 Å². The molecule has 5 nitrogen and oxygen atoms in total. The molecule has 2 rings (SSSR count). The Morgan fingerprint density at radius 1 is 1.63 bits per heavy atom. The number of carbonyl (C=O) groups is 2. The first-order chi connectivity index (χ1) is 9.06. The van der Waals surface area contributed by atoms with Crippen molar-refractivity contribution in [2.45, 2.75) is 31.8 Å². The predicted octanol–water partition coefficient (Wildman–Crippen LogP) is 1.96. The maximum Gasteiger partial charge on any atom is 0.328 e. The van der Waals surface area contributed by atoms with E-state index < -0.39 is 12.0 Å². The van der Waals surface area contributed by atoms with E-state index in [9.17, 15) is 9.59 Å². The number of rotatable bonds is 3. The molecule has 0 aromatic carbocycles. The van der Waals surface area contributed by atoms with E-state index in [-0.39, 0.29) is 11.9 Å². The molecule has 2 atom stereocenters. The summed E-state index contributed by atoms with van der Waals surface area (Å²) in [6.45, 7) is 1.84. The van der Waals surface area contributed by atoms with Crippen molar-refractivity contribution in [1.29, 1.82) is 0 Å². The summed E-state index contributed by atoms with van der Waals surface area (Å²) in [6.07, 6.45) is 2.41. The molecule has 1 saturated heterocycles. The van der Waals surface area contributed by atoms with E-state index in [1.54, 1.807) is 18.3 Å². The second kappa shape index (κ2) is 5.57. The average molecular weight is 283 g/mol. The molecule has 1 aliphatic heterocycles. The monoisotopic (exact) mass is 282 g/mol. The van der Waals surface area contributed by atoms with Gasteiger partial charge in [0.05, 0.1) is 13.2 Å². The molecule has 0 spiro atoms. The zero-order chi connectivity index (χ0) is 14.0. The highest BCUT2D eigenvalue weighted by Gasteiger charge is 2.40. The van der Waals surface area contributed by atoms with Crippen LogP contribution in [0.15, 0.2) is 18.3 Å². The van der Waals surface area contributed by atoms with Crippen LogP contribution in [0.1, 0.15) is 31.4 Å². The van der Waals surface area contributed by atoms with Crippen LogP contribution >= 0.6 is 11.6 Å². The van der Waals surface area contributed by atoms with E-state index in [4.69, 9.17) is 16.3 Å². The Kier molecular flexibility index (Phi) is 4.04. The first-order valence-electron chi connectivity index (χ1n) is 6.05. The van der Waals surface area contributed by atoms with Crippen LogP contribution in [0.5, 0.6) is 0 Å². The van der Waals surface area contributed by atoms with Crippen LogP contribution < -0.4 is 0 Å². The van der Waals surface area contributed by atoms with Gasteiger partial charge in [0.1, 0.15) is 11.2 Å². The molecule has 1 aromatic heterocycles. The molecule has 2 heterocycles. The molecule has 0 bridgehead atoms. The fourth-order valence-corrected chi connectivity index (χ4v) is 2.69. The fourth-order valence-electron chi connectivity index (χ4n) is 2.42. The van der Waals surface area contributed by atoms with Crippen molar-refractivity contribution in [3.8, 4) is 0 Å². The minimum absolute atomic E-state index is 0.0668. The van der Waals surface area contributed by atoms with Gasteiger partial charge in [-0.05, 0) is 19.4 Å². The maximum atomic E-state index is 12.0.